The number of aliphatic hydroxyl groups excluding tert-OH is 1. The van der Waals surface area contributed by atoms with E-state index in [0.717, 1.165) is 56.2 Å². The maximum absolute atomic E-state index is 14.1. The summed E-state index contributed by atoms with van der Waals surface area (Å²) in [5.41, 5.74) is 1.24. The molecule has 3 N–H and O–H groups in total. The summed E-state index contributed by atoms with van der Waals surface area (Å²) in [6.07, 6.45) is 0.0807. The first-order valence-electron chi connectivity index (χ1n) is 12.5. The number of hydrogen-bond acceptors (Lipinski definition) is 7. The number of likely N-dealkylation sites (tertiary alicyclic amines) is 1. The number of carbonyl (C=O) groups is 1. The van der Waals surface area contributed by atoms with Crippen LogP contribution in [0, 0.1) is 11.7 Å². The Bertz CT molecular complexity index is 1300. The Morgan fingerprint density at radius 1 is 1.32 bits per heavy atom. The van der Waals surface area contributed by atoms with Crippen molar-refractivity contribution in [2.45, 2.75) is 49.3 Å². The molecule has 2 aromatic rings. The number of benzene rings is 2. The van der Waals surface area contributed by atoms with Crippen LogP contribution in [0.15, 0.2) is 35.2 Å². The van der Waals surface area contributed by atoms with Crippen molar-refractivity contribution in [3.8, 4) is 5.75 Å². The van der Waals surface area contributed by atoms with Gasteiger partial charge in [0, 0.05) is 32.2 Å². The second kappa shape index (κ2) is 10.2. The monoisotopic (exact) mass is 533 g/mol. The number of likely N-dealkylation sites (N-methyl/N-ethyl adjacent to an activating group) is 1. The number of hydrogen-bond donors (Lipinski definition) is 3. The van der Waals surface area contributed by atoms with Gasteiger partial charge in [-0.3, -0.25) is 9.52 Å². The standard InChI is InChI=1S/C26H32FN3O6S/c1-3-30-9-8-18(13-30)28-23(31)12-15-10-17(27)4-7-22(15)37(33,34)29-21-6-5-19-20-11-16(20)14-36-25(19)24(21)26(32)35-2/h4-7,10,16,18,20,26,29,32H,3,8-9,11-14H2,1-2H3,(H,28,31). The Morgan fingerprint density at radius 2 is 2.14 bits per heavy atom. The molecule has 4 unspecified atom stereocenters. The smallest absolute Gasteiger partial charge is 0.262 e. The molecule has 200 valence electrons. The second-order valence-electron chi connectivity index (χ2n) is 9.93. The molecule has 2 aromatic carbocycles. The van der Waals surface area contributed by atoms with Gasteiger partial charge >= 0.3 is 0 Å². The molecule has 1 saturated carbocycles. The average molecular weight is 534 g/mol. The highest BCUT2D eigenvalue weighted by atomic mass is 32.2. The minimum absolute atomic E-state index is 0.0289. The normalized spacial score (nSPS) is 23.5. The van der Waals surface area contributed by atoms with E-state index in [9.17, 15) is 22.7 Å². The number of amides is 1. The minimum atomic E-state index is -4.27. The summed E-state index contributed by atoms with van der Waals surface area (Å²) in [5.74, 6) is 0.163. The molecule has 11 heteroatoms. The van der Waals surface area contributed by atoms with Crippen LogP contribution < -0.4 is 14.8 Å². The third kappa shape index (κ3) is 5.31. The topological polar surface area (TPSA) is 117 Å². The number of nitrogens with zero attached hydrogens (tertiary/aromatic N) is 1. The molecule has 2 heterocycles. The maximum atomic E-state index is 14.1. The minimum Gasteiger partial charge on any atom is -0.492 e. The van der Waals surface area contributed by atoms with Gasteiger partial charge in [-0.1, -0.05) is 13.0 Å². The number of ether oxygens (including phenoxy) is 2. The number of carbonyl (C=O) groups excluding carboxylic acids is 1. The van der Waals surface area contributed by atoms with Gasteiger partial charge in [-0.05, 0) is 60.7 Å². The number of methoxy groups -OCH3 is 1. The van der Waals surface area contributed by atoms with Gasteiger partial charge in [-0.25, -0.2) is 12.8 Å². The molecule has 0 spiro atoms. The van der Waals surface area contributed by atoms with Crippen LogP contribution in [-0.4, -0.2) is 63.7 Å². The molecule has 0 bridgehead atoms. The Kier molecular flexibility index (Phi) is 7.14. The van der Waals surface area contributed by atoms with Crippen LogP contribution in [0.5, 0.6) is 5.75 Å². The third-order valence-corrected chi connectivity index (χ3v) is 8.92. The molecule has 2 fully saturated rings. The van der Waals surface area contributed by atoms with Crippen LogP contribution in [0.25, 0.3) is 0 Å². The fourth-order valence-electron chi connectivity index (χ4n) is 5.36. The summed E-state index contributed by atoms with van der Waals surface area (Å²) in [6, 6.07) is 6.59. The van der Waals surface area contributed by atoms with Gasteiger partial charge in [-0.15, -0.1) is 0 Å². The number of aliphatic hydroxyl groups is 1. The van der Waals surface area contributed by atoms with Crippen molar-refractivity contribution in [3.63, 3.8) is 0 Å². The molecule has 1 saturated heterocycles. The van der Waals surface area contributed by atoms with Gasteiger partial charge in [0.05, 0.1) is 29.2 Å². The summed E-state index contributed by atoms with van der Waals surface area (Å²) < 4.78 is 54.7. The van der Waals surface area contributed by atoms with E-state index in [1.165, 1.54) is 7.11 Å². The van der Waals surface area contributed by atoms with E-state index in [1.807, 2.05) is 0 Å². The fourth-order valence-corrected chi connectivity index (χ4v) is 6.66. The van der Waals surface area contributed by atoms with Crippen LogP contribution in [0.3, 0.4) is 0 Å². The number of nitrogens with one attached hydrogen (secondary N) is 2. The average Bonchev–Trinajstić information content (AvgIpc) is 3.53. The summed E-state index contributed by atoms with van der Waals surface area (Å²) in [6.45, 7) is 5.04. The second-order valence-corrected chi connectivity index (χ2v) is 11.6. The highest BCUT2D eigenvalue weighted by Crippen LogP contribution is 2.56. The number of fused-ring (bicyclic) bond motifs is 3. The van der Waals surface area contributed by atoms with Crippen molar-refractivity contribution >= 4 is 21.6 Å². The lowest BCUT2D eigenvalue weighted by atomic mass is 10.00. The van der Waals surface area contributed by atoms with E-state index in [4.69, 9.17) is 9.47 Å². The maximum Gasteiger partial charge on any atom is 0.262 e. The molecule has 37 heavy (non-hydrogen) atoms. The van der Waals surface area contributed by atoms with E-state index in [0.29, 0.717) is 24.2 Å². The molecule has 0 radical (unpaired) electrons. The zero-order valence-electron chi connectivity index (χ0n) is 20.9. The molecule has 4 atom stereocenters. The molecule has 2 aliphatic heterocycles. The van der Waals surface area contributed by atoms with Gasteiger partial charge in [0.1, 0.15) is 11.6 Å². The largest absolute Gasteiger partial charge is 0.492 e. The number of anilines is 1. The Balaban J connectivity index is 1.41. The van der Waals surface area contributed by atoms with Crippen molar-refractivity contribution in [2.24, 2.45) is 5.92 Å². The number of sulfonamides is 1. The highest BCUT2D eigenvalue weighted by Gasteiger charge is 2.45. The SMILES string of the molecule is CCN1CCC(NC(=O)Cc2cc(F)ccc2S(=O)(=O)Nc2ccc3c(c2C(O)OC)OCC2CC32)C1. The van der Waals surface area contributed by atoms with Crippen LogP contribution in [0.2, 0.25) is 0 Å². The van der Waals surface area contributed by atoms with Gasteiger partial charge in [-0.2, -0.15) is 0 Å². The van der Waals surface area contributed by atoms with Crippen molar-refractivity contribution in [2.75, 3.05) is 38.1 Å². The summed E-state index contributed by atoms with van der Waals surface area (Å²) in [7, 11) is -2.96. The Morgan fingerprint density at radius 3 is 2.86 bits per heavy atom. The van der Waals surface area contributed by atoms with Crippen LogP contribution in [0.1, 0.15) is 48.7 Å². The number of halogens is 1. The third-order valence-electron chi connectivity index (χ3n) is 7.45. The molecule has 1 aliphatic carbocycles. The summed E-state index contributed by atoms with van der Waals surface area (Å²) >= 11 is 0. The quantitative estimate of drug-likeness (QED) is 0.424. The summed E-state index contributed by atoms with van der Waals surface area (Å²) in [4.78, 5) is 14.8. The Labute approximate surface area is 216 Å². The highest BCUT2D eigenvalue weighted by molar-refractivity contribution is 7.92. The summed E-state index contributed by atoms with van der Waals surface area (Å²) in [5, 5.41) is 13.5. The zero-order valence-corrected chi connectivity index (χ0v) is 21.7. The van der Waals surface area contributed by atoms with E-state index >= 15 is 0 Å². The van der Waals surface area contributed by atoms with Crippen molar-refractivity contribution in [3.05, 3.63) is 52.8 Å². The lowest BCUT2D eigenvalue weighted by Gasteiger charge is -2.25. The predicted octanol–water partition coefficient (Wildman–Crippen LogP) is 2.51. The van der Waals surface area contributed by atoms with Crippen LogP contribution in [0.4, 0.5) is 10.1 Å². The van der Waals surface area contributed by atoms with Crippen LogP contribution >= 0.6 is 0 Å². The molecule has 5 rings (SSSR count). The zero-order chi connectivity index (χ0) is 26.3. The van der Waals surface area contributed by atoms with E-state index in [-0.39, 0.29) is 40.1 Å². The Hall–Kier alpha value is -2.73. The molecule has 9 nitrogen and oxygen atoms in total. The van der Waals surface area contributed by atoms with Gasteiger partial charge in [0.15, 0.2) is 6.29 Å². The first kappa shape index (κ1) is 25.9. The molecule has 3 aliphatic rings. The van der Waals surface area contributed by atoms with Crippen molar-refractivity contribution in [1.29, 1.82) is 0 Å². The first-order valence-corrected chi connectivity index (χ1v) is 14.0. The lowest BCUT2D eigenvalue weighted by Crippen LogP contribution is -2.38. The van der Waals surface area contributed by atoms with Crippen LogP contribution in [-0.2, 0) is 26.0 Å². The van der Waals surface area contributed by atoms with E-state index < -0.39 is 22.1 Å². The van der Waals surface area contributed by atoms with E-state index in [2.05, 4.69) is 21.9 Å². The van der Waals surface area contributed by atoms with Gasteiger partial charge < -0.3 is 24.8 Å². The van der Waals surface area contributed by atoms with Gasteiger partial charge in [0.25, 0.3) is 10.0 Å². The molecular formula is C26H32FN3O6S. The lowest BCUT2D eigenvalue weighted by molar-refractivity contribution is -0.121. The van der Waals surface area contributed by atoms with Crippen molar-refractivity contribution < 1.29 is 32.2 Å². The molecule has 1 amide bonds. The van der Waals surface area contributed by atoms with E-state index in [1.54, 1.807) is 12.1 Å². The number of rotatable bonds is 9. The molecular weight excluding hydrogens is 501 g/mol. The van der Waals surface area contributed by atoms with Crippen molar-refractivity contribution in [1.82, 2.24) is 10.2 Å². The van der Waals surface area contributed by atoms with Gasteiger partial charge in [0.2, 0.25) is 5.91 Å². The predicted molar refractivity (Wildman–Crippen MR) is 134 cm³/mol. The molecule has 0 aromatic heterocycles. The first-order chi connectivity index (χ1) is 17.7. The fraction of sp³-hybridized carbons (Fsp3) is 0.500.